The van der Waals surface area contributed by atoms with Crippen LogP contribution in [0.5, 0.6) is 0 Å². The Hall–Kier alpha value is -2.82. The molecule has 2 aromatic rings. The molecule has 0 saturated heterocycles. The summed E-state index contributed by atoms with van der Waals surface area (Å²) in [6.07, 6.45) is 0.920. The number of benzene rings is 2. The monoisotopic (exact) mass is 350 g/mol. The van der Waals surface area contributed by atoms with Gasteiger partial charge in [-0.25, -0.2) is 4.99 Å². The minimum Gasteiger partial charge on any atom is -0.357 e. The zero-order chi connectivity index (χ0) is 18.4. The average molecular weight is 350 g/mol. The van der Waals surface area contributed by atoms with Crippen molar-refractivity contribution in [2.24, 2.45) is 4.99 Å². The van der Waals surface area contributed by atoms with Crippen LogP contribution in [0.15, 0.2) is 53.5 Å². The van der Waals surface area contributed by atoms with Gasteiger partial charge in [0.25, 0.3) is 0 Å². The molecule has 3 rings (SSSR count). The highest BCUT2D eigenvalue weighted by molar-refractivity contribution is 5.98. The number of nitrogens with zero attached hydrogens (tertiary/aromatic N) is 2. The molecule has 0 radical (unpaired) electrons. The lowest BCUT2D eigenvalue weighted by atomic mass is 10.1. The second-order valence-electron chi connectivity index (χ2n) is 6.46. The van der Waals surface area contributed by atoms with E-state index in [1.165, 1.54) is 11.1 Å². The van der Waals surface area contributed by atoms with Crippen molar-refractivity contribution in [3.8, 4) is 0 Å². The highest BCUT2D eigenvalue weighted by Crippen LogP contribution is 2.27. The summed E-state index contributed by atoms with van der Waals surface area (Å²) in [4.78, 5) is 19.0. The molecule has 1 heterocycles. The summed E-state index contributed by atoms with van der Waals surface area (Å²) in [6, 6.07) is 16.4. The van der Waals surface area contributed by atoms with Crippen molar-refractivity contribution in [1.29, 1.82) is 0 Å². The van der Waals surface area contributed by atoms with E-state index in [0.29, 0.717) is 12.5 Å². The maximum atomic E-state index is 12.6. The molecule has 136 valence electrons. The molecule has 0 spiro atoms. The van der Waals surface area contributed by atoms with Crippen LogP contribution >= 0.6 is 0 Å². The lowest BCUT2D eigenvalue weighted by Crippen LogP contribution is -2.44. The first-order chi connectivity index (χ1) is 12.7. The molecular formula is C21H26N4O. The minimum absolute atomic E-state index is 0.0656. The van der Waals surface area contributed by atoms with Crippen LogP contribution in [-0.4, -0.2) is 31.5 Å². The van der Waals surface area contributed by atoms with E-state index in [1.807, 2.05) is 30.0 Å². The van der Waals surface area contributed by atoms with Gasteiger partial charge in [-0.3, -0.25) is 4.79 Å². The molecule has 0 bridgehead atoms. The Bertz CT molecular complexity index is 783. The van der Waals surface area contributed by atoms with Gasteiger partial charge in [-0.05, 0) is 37.5 Å². The fraction of sp³-hybridized carbons (Fsp3) is 0.333. The smallest absolute Gasteiger partial charge is 0.246 e. The van der Waals surface area contributed by atoms with E-state index in [1.54, 1.807) is 0 Å². The molecule has 1 aliphatic heterocycles. The number of carbonyl (C=O) groups excluding carboxylic acids is 1. The Labute approximate surface area is 155 Å². The highest BCUT2D eigenvalue weighted by atomic mass is 16.2. The molecule has 0 saturated carbocycles. The Kier molecular flexibility index (Phi) is 5.89. The Morgan fingerprint density at radius 1 is 1.12 bits per heavy atom. The molecule has 0 aliphatic carbocycles. The second kappa shape index (κ2) is 8.52. The first kappa shape index (κ1) is 18.0. The van der Waals surface area contributed by atoms with E-state index in [9.17, 15) is 4.79 Å². The largest absolute Gasteiger partial charge is 0.357 e. The Morgan fingerprint density at radius 3 is 2.65 bits per heavy atom. The van der Waals surface area contributed by atoms with Crippen LogP contribution in [0.1, 0.15) is 23.6 Å². The highest BCUT2D eigenvalue weighted by Gasteiger charge is 2.23. The zero-order valence-electron chi connectivity index (χ0n) is 15.5. The molecule has 0 aromatic heterocycles. The van der Waals surface area contributed by atoms with Crippen molar-refractivity contribution in [1.82, 2.24) is 10.6 Å². The molecule has 26 heavy (non-hydrogen) atoms. The zero-order valence-corrected chi connectivity index (χ0v) is 15.5. The van der Waals surface area contributed by atoms with E-state index in [0.717, 1.165) is 30.8 Å². The van der Waals surface area contributed by atoms with Gasteiger partial charge < -0.3 is 15.5 Å². The van der Waals surface area contributed by atoms with E-state index in [2.05, 4.69) is 52.9 Å². The van der Waals surface area contributed by atoms with Crippen molar-refractivity contribution in [2.75, 3.05) is 24.5 Å². The number of anilines is 1. The van der Waals surface area contributed by atoms with Crippen LogP contribution in [0.3, 0.4) is 0 Å². The van der Waals surface area contributed by atoms with Crippen LogP contribution < -0.4 is 15.5 Å². The Morgan fingerprint density at radius 2 is 1.88 bits per heavy atom. The van der Waals surface area contributed by atoms with Gasteiger partial charge in [-0.2, -0.15) is 0 Å². The molecule has 5 heteroatoms. The minimum atomic E-state index is 0.0656. The van der Waals surface area contributed by atoms with Gasteiger partial charge in [0.15, 0.2) is 5.96 Å². The lowest BCUT2D eigenvalue weighted by molar-refractivity contribution is -0.117. The fourth-order valence-corrected chi connectivity index (χ4v) is 3.06. The summed E-state index contributed by atoms with van der Waals surface area (Å²) in [7, 11) is 0. The summed E-state index contributed by atoms with van der Waals surface area (Å²) in [5.74, 6) is 0.727. The predicted octanol–water partition coefficient (Wildman–Crippen LogP) is 2.64. The average Bonchev–Trinajstić information content (AvgIpc) is 3.09. The maximum absolute atomic E-state index is 12.6. The number of rotatable bonds is 5. The summed E-state index contributed by atoms with van der Waals surface area (Å²) in [5, 5.41) is 6.35. The van der Waals surface area contributed by atoms with Crippen molar-refractivity contribution < 1.29 is 4.79 Å². The van der Waals surface area contributed by atoms with Crippen molar-refractivity contribution >= 4 is 17.6 Å². The van der Waals surface area contributed by atoms with Gasteiger partial charge in [0.1, 0.15) is 0 Å². The van der Waals surface area contributed by atoms with Crippen molar-refractivity contribution in [2.45, 2.75) is 26.8 Å². The standard InChI is InChI=1S/C21H26N4O/c1-3-22-21(23-14-17-10-8-16(2)9-11-17)24-15-20(26)25-13-12-18-6-4-5-7-19(18)25/h4-11H,3,12-15H2,1-2H3,(H2,22,23,24). The van der Waals surface area contributed by atoms with Gasteiger partial charge in [0.05, 0.1) is 13.1 Å². The van der Waals surface area contributed by atoms with E-state index in [4.69, 9.17) is 0 Å². The maximum Gasteiger partial charge on any atom is 0.246 e. The van der Waals surface area contributed by atoms with Gasteiger partial charge in [-0.15, -0.1) is 0 Å². The number of nitrogens with one attached hydrogen (secondary N) is 2. The van der Waals surface area contributed by atoms with Gasteiger partial charge in [-0.1, -0.05) is 48.0 Å². The number of aryl methyl sites for hydroxylation is 1. The third kappa shape index (κ3) is 4.42. The van der Waals surface area contributed by atoms with Gasteiger partial charge in [0.2, 0.25) is 5.91 Å². The normalized spacial score (nSPS) is 13.5. The molecule has 2 aromatic carbocycles. The first-order valence-corrected chi connectivity index (χ1v) is 9.13. The number of amides is 1. The lowest BCUT2D eigenvalue weighted by Gasteiger charge is -2.18. The summed E-state index contributed by atoms with van der Waals surface area (Å²) < 4.78 is 0. The van der Waals surface area contributed by atoms with Crippen LogP contribution in [0, 0.1) is 6.92 Å². The molecule has 0 fully saturated rings. The van der Waals surface area contributed by atoms with Crippen LogP contribution in [-0.2, 0) is 17.8 Å². The molecular weight excluding hydrogens is 324 g/mol. The third-order valence-electron chi connectivity index (χ3n) is 4.48. The van der Waals surface area contributed by atoms with Gasteiger partial charge >= 0.3 is 0 Å². The topological polar surface area (TPSA) is 56.7 Å². The first-order valence-electron chi connectivity index (χ1n) is 9.13. The summed E-state index contributed by atoms with van der Waals surface area (Å²) >= 11 is 0. The molecule has 2 N–H and O–H groups in total. The SMILES string of the molecule is CCNC(=NCc1ccc(C)cc1)NCC(=O)N1CCc2ccccc21. The summed E-state index contributed by atoms with van der Waals surface area (Å²) in [5.41, 5.74) is 4.65. The van der Waals surface area contributed by atoms with Crippen LogP contribution in [0.4, 0.5) is 5.69 Å². The summed E-state index contributed by atoms with van der Waals surface area (Å²) in [6.45, 7) is 6.39. The molecule has 5 nitrogen and oxygen atoms in total. The number of aliphatic imine (C=N–C) groups is 1. The fourth-order valence-electron chi connectivity index (χ4n) is 3.06. The number of carbonyl (C=O) groups is 1. The van der Waals surface area contributed by atoms with E-state index in [-0.39, 0.29) is 12.5 Å². The molecule has 1 amide bonds. The number of hydrogen-bond acceptors (Lipinski definition) is 2. The number of para-hydroxylation sites is 1. The van der Waals surface area contributed by atoms with E-state index >= 15 is 0 Å². The quantitative estimate of drug-likeness (QED) is 0.644. The van der Waals surface area contributed by atoms with Crippen molar-refractivity contribution in [3.05, 3.63) is 65.2 Å². The second-order valence-corrected chi connectivity index (χ2v) is 6.46. The molecule has 1 aliphatic rings. The van der Waals surface area contributed by atoms with Crippen LogP contribution in [0.2, 0.25) is 0 Å². The van der Waals surface area contributed by atoms with Crippen molar-refractivity contribution in [3.63, 3.8) is 0 Å². The molecule has 0 atom stereocenters. The van der Waals surface area contributed by atoms with E-state index < -0.39 is 0 Å². The van der Waals surface area contributed by atoms with Gasteiger partial charge in [0, 0.05) is 18.8 Å². The number of guanidine groups is 1. The number of hydrogen-bond donors (Lipinski definition) is 2. The number of fused-ring (bicyclic) bond motifs is 1. The Balaban J connectivity index is 1.59. The molecule has 0 unspecified atom stereocenters. The van der Waals surface area contributed by atoms with Crippen LogP contribution in [0.25, 0.3) is 0 Å². The predicted molar refractivity (Wildman–Crippen MR) is 106 cm³/mol. The third-order valence-corrected chi connectivity index (χ3v) is 4.48.